The van der Waals surface area contributed by atoms with Gasteiger partial charge in [0.2, 0.25) is 0 Å². The van der Waals surface area contributed by atoms with Crippen molar-refractivity contribution in [3.8, 4) is 0 Å². The summed E-state index contributed by atoms with van der Waals surface area (Å²) in [5, 5.41) is 0. The van der Waals surface area contributed by atoms with Crippen molar-refractivity contribution in [1.82, 2.24) is 0 Å². The third-order valence-electron chi connectivity index (χ3n) is 3.65. The smallest absolute Gasteiger partial charge is 0.377 e. The zero-order valence-corrected chi connectivity index (χ0v) is 17.1. The number of halogens is 1. The topological polar surface area (TPSA) is 79.7 Å². The standard InChI is InChI=1S/C11H16N2.C6H16O3Si.ClH/c1-2-11(13,9-12)8-10-6-4-3-5-7-10;1-5-6-10(7-2,8-3)9-4;/h2-7H,1,8-9,12-13H2;5-6H2,1-4H3;1H. The molecule has 4 N–H and O–H groups in total. The van der Waals surface area contributed by atoms with Gasteiger partial charge in [-0.1, -0.05) is 49.8 Å². The van der Waals surface area contributed by atoms with Crippen molar-refractivity contribution in [1.29, 1.82) is 0 Å². The molecule has 0 aliphatic carbocycles. The molecular weight excluding hydrogens is 344 g/mol. The Morgan fingerprint density at radius 1 is 1.12 bits per heavy atom. The Balaban J connectivity index is 0. The molecule has 24 heavy (non-hydrogen) atoms. The minimum absolute atomic E-state index is 0. The van der Waals surface area contributed by atoms with Crippen LogP contribution in [0.15, 0.2) is 43.0 Å². The van der Waals surface area contributed by atoms with Gasteiger partial charge in [0.1, 0.15) is 0 Å². The summed E-state index contributed by atoms with van der Waals surface area (Å²) in [6, 6.07) is 10.9. The van der Waals surface area contributed by atoms with E-state index in [1.807, 2.05) is 30.3 Å². The fraction of sp³-hybridized carbons (Fsp3) is 0.529. The van der Waals surface area contributed by atoms with Gasteiger partial charge in [-0.2, -0.15) is 0 Å². The molecule has 7 heteroatoms. The van der Waals surface area contributed by atoms with Crippen LogP contribution in [0.1, 0.15) is 18.9 Å². The van der Waals surface area contributed by atoms with Crippen molar-refractivity contribution in [3.63, 3.8) is 0 Å². The molecule has 0 aliphatic rings. The van der Waals surface area contributed by atoms with E-state index in [0.717, 1.165) is 18.9 Å². The largest absolute Gasteiger partial charge is 0.500 e. The first-order chi connectivity index (χ1) is 10.9. The summed E-state index contributed by atoms with van der Waals surface area (Å²) in [6.07, 6.45) is 3.50. The van der Waals surface area contributed by atoms with Crippen LogP contribution in [0.2, 0.25) is 6.04 Å². The maximum atomic E-state index is 5.99. The van der Waals surface area contributed by atoms with Gasteiger partial charge < -0.3 is 24.7 Å². The van der Waals surface area contributed by atoms with Crippen molar-refractivity contribution in [3.05, 3.63) is 48.6 Å². The average molecular weight is 377 g/mol. The maximum Gasteiger partial charge on any atom is 0.500 e. The van der Waals surface area contributed by atoms with E-state index < -0.39 is 14.3 Å². The van der Waals surface area contributed by atoms with Gasteiger partial charge in [0.05, 0.1) is 5.54 Å². The van der Waals surface area contributed by atoms with Gasteiger partial charge in [-0.3, -0.25) is 0 Å². The Morgan fingerprint density at radius 3 is 1.92 bits per heavy atom. The van der Waals surface area contributed by atoms with Crippen LogP contribution in [0.5, 0.6) is 0 Å². The summed E-state index contributed by atoms with van der Waals surface area (Å²) in [7, 11) is 2.68. The fourth-order valence-electron chi connectivity index (χ4n) is 2.07. The Kier molecular flexibility index (Phi) is 14.4. The summed E-state index contributed by atoms with van der Waals surface area (Å²) in [5.41, 5.74) is 12.3. The first-order valence-electron chi connectivity index (χ1n) is 7.76. The van der Waals surface area contributed by atoms with Crippen LogP contribution >= 0.6 is 12.4 Å². The number of hydrogen-bond acceptors (Lipinski definition) is 5. The molecule has 0 saturated heterocycles. The summed E-state index contributed by atoms with van der Waals surface area (Å²) in [4.78, 5) is 0. The lowest BCUT2D eigenvalue weighted by Crippen LogP contribution is -2.46. The molecule has 0 spiro atoms. The number of rotatable bonds is 9. The van der Waals surface area contributed by atoms with E-state index in [9.17, 15) is 0 Å². The molecule has 0 aliphatic heterocycles. The van der Waals surface area contributed by atoms with E-state index in [1.54, 1.807) is 27.4 Å². The molecule has 0 amide bonds. The van der Waals surface area contributed by atoms with Crippen LogP contribution in [0, 0.1) is 0 Å². The number of benzene rings is 1. The third kappa shape index (κ3) is 8.94. The highest BCUT2D eigenvalue weighted by atomic mass is 35.5. The predicted molar refractivity (Wildman–Crippen MR) is 105 cm³/mol. The fourth-order valence-corrected chi connectivity index (χ4v) is 3.79. The lowest BCUT2D eigenvalue weighted by molar-refractivity contribution is 0.123. The first-order valence-corrected chi connectivity index (χ1v) is 9.69. The highest BCUT2D eigenvalue weighted by Crippen LogP contribution is 2.13. The van der Waals surface area contributed by atoms with Crippen molar-refractivity contribution in [2.24, 2.45) is 11.5 Å². The number of nitrogens with two attached hydrogens (primary N) is 2. The summed E-state index contributed by atoms with van der Waals surface area (Å²) < 4.78 is 15.5. The Morgan fingerprint density at radius 2 is 1.62 bits per heavy atom. The Hall–Kier alpha value is -0.733. The molecule has 0 bridgehead atoms. The second-order valence-corrected chi connectivity index (χ2v) is 8.44. The summed E-state index contributed by atoms with van der Waals surface area (Å²) in [5.74, 6) is 0. The second-order valence-electron chi connectivity index (χ2n) is 5.35. The lowest BCUT2D eigenvalue weighted by atomic mass is 9.92. The molecule has 0 saturated carbocycles. The molecule has 1 aromatic rings. The van der Waals surface area contributed by atoms with E-state index in [4.69, 9.17) is 24.7 Å². The molecule has 0 radical (unpaired) electrons. The molecule has 1 unspecified atom stereocenters. The van der Waals surface area contributed by atoms with E-state index in [0.29, 0.717) is 6.54 Å². The molecule has 1 atom stereocenters. The molecule has 0 fully saturated rings. The lowest BCUT2D eigenvalue weighted by Gasteiger charge is -2.23. The van der Waals surface area contributed by atoms with E-state index in [2.05, 4.69) is 13.5 Å². The monoisotopic (exact) mass is 376 g/mol. The minimum atomic E-state index is -2.22. The highest BCUT2D eigenvalue weighted by Gasteiger charge is 2.36. The molecule has 5 nitrogen and oxygen atoms in total. The zero-order chi connectivity index (χ0) is 17.8. The average Bonchev–Trinajstić information content (AvgIpc) is 2.61. The van der Waals surface area contributed by atoms with Crippen molar-refractivity contribution < 1.29 is 13.3 Å². The van der Waals surface area contributed by atoms with Crippen molar-refractivity contribution in [2.45, 2.75) is 31.3 Å². The van der Waals surface area contributed by atoms with Crippen LogP contribution in [0.4, 0.5) is 0 Å². The molecule has 0 heterocycles. The normalized spacial score (nSPS) is 13.1. The predicted octanol–water partition coefficient (Wildman–Crippen LogP) is 2.77. The summed E-state index contributed by atoms with van der Waals surface area (Å²) >= 11 is 0. The van der Waals surface area contributed by atoms with Gasteiger partial charge in [0.25, 0.3) is 0 Å². The van der Waals surface area contributed by atoms with Gasteiger partial charge >= 0.3 is 8.80 Å². The number of hydrogen-bond donors (Lipinski definition) is 2. The molecule has 1 aromatic carbocycles. The Bertz CT molecular complexity index is 425. The summed E-state index contributed by atoms with van der Waals surface area (Å²) in [6.45, 7) is 6.20. The Labute approximate surface area is 154 Å². The van der Waals surface area contributed by atoms with Crippen LogP contribution < -0.4 is 11.5 Å². The van der Waals surface area contributed by atoms with Gasteiger partial charge in [-0.05, 0) is 12.0 Å². The second kappa shape index (κ2) is 13.5. The van der Waals surface area contributed by atoms with Crippen molar-refractivity contribution >= 4 is 21.2 Å². The molecular formula is C17H33ClN2O3Si. The van der Waals surface area contributed by atoms with E-state index >= 15 is 0 Å². The first kappa shape index (κ1) is 25.5. The SMILES string of the molecule is C=CC(N)(CN)Cc1ccccc1.CCC[Si](OC)(OC)OC.Cl. The highest BCUT2D eigenvalue weighted by molar-refractivity contribution is 6.60. The minimum Gasteiger partial charge on any atom is -0.377 e. The maximum absolute atomic E-state index is 5.99. The quantitative estimate of drug-likeness (QED) is 0.511. The van der Waals surface area contributed by atoms with Crippen LogP contribution in [0.3, 0.4) is 0 Å². The molecule has 140 valence electrons. The van der Waals surface area contributed by atoms with Gasteiger partial charge in [0, 0.05) is 33.9 Å². The van der Waals surface area contributed by atoms with Crippen LogP contribution in [-0.2, 0) is 19.7 Å². The van der Waals surface area contributed by atoms with Crippen LogP contribution in [0.25, 0.3) is 0 Å². The molecule has 1 rings (SSSR count). The third-order valence-corrected chi connectivity index (χ3v) is 6.63. The van der Waals surface area contributed by atoms with Crippen molar-refractivity contribution in [2.75, 3.05) is 27.9 Å². The zero-order valence-electron chi connectivity index (χ0n) is 15.3. The van der Waals surface area contributed by atoms with Gasteiger partial charge in [-0.25, -0.2) is 0 Å². The van der Waals surface area contributed by atoms with Crippen LogP contribution in [-0.4, -0.2) is 42.2 Å². The van der Waals surface area contributed by atoms with Gasteiger partial charge in [0.15, 0.2) is 0 Å². The van der Waals surface area contributed by atoms with Gasteiger partial charge in [-0.15, -0.1) is 19.0 Å². The van der Waals surface area contributed by atoms with E-state index in [1.165, 1.54) is 5.56 Å². The van der Waals surface area contributed by atoms with E-state index in [-0.39, 0.29) is 12.4 Å². The molecule has 0 aromatic heterocycles.